The van der Waals surface area contributed by atoms with E-state index in [2.05, 4.69) is 63.9 Å². The Labute approximate surface area is 129 Å². The van der Waals surface area contributed by atoms with E-state index in [-0.39, 0.29) is 0 Å². The van der Waals surface area contributed by atoms with Crippen molar-refractivity contribution in [3.63, 3.8) is 0 Å². The van der Waals surface area contributed by atoms with Crippen LogP contribution in [0.25, 0.3) is 10.9 Å². The molecule has 3 heteroatoms. The molecular weight excluding hydrogens is 312 g/mol. The topological polar surface area (TPSA) is 16.1 Å². The zero-order valence-electron chi connectivity index (χ0n) is 12.2. The van der Waals surface area contributed by atoms with Crippen LogP contribution in [-0.2, 0) is 6.54 Å². The second kappa shape index (κ2) is 5.45. The molecule has 0 aliphatic carbocycles. The van der Waals surface area contributed by atoms with Crippen molar-refractivity contribution in [2.45, 2.75) is 33.2 Å². The minimum absolute atomic E-state index is 0.522. The molecule has 1 aromatic carbocycles. The van der Waals surface area contributed by atoms with Crippen molar-refractivity contribution in [1.82, 2.24) is 9.88 Å². The molecule has 1 aliphatic rings. The average molecular weight is 333 g/mol. The van der Waals surface area contributed by atoms with Crippen molar-refractivity contribution >= 4 is 26.8 Å². The Kier molecular flexibility index (Phi) is 3.83. The molecule has 0 saturated carbocycles. The fourth-order valence-electron chi connectivity index (χ4n) is 2.83. The van der Waals surface area contributed by atoms with Crippen LogP contribution in [0, 0.1) is 5.41 Å². The maximum absolute atomic E-state index is 4.43. The third kappa shape index (κ3) is 3.21. The van der Waals surface area contributed by atoms with Gasteiger partial charge in [0.2, 0.25) is 0 Å². The highest BCUT2D eigenvalue weighted by Gasteiger charge is 2.25. The largest absolute Gasteiger partial charge is 0.299 e. The van der Waals surface area contributed by atoms with Gasteiger partial charge >= 0.3 is 0 Å². The van der Waals surface area contributed by atoms with Crippen molar-refractivity contribution in [2.24, 2.45) is 5.41 Å². The second-order valence-corrected chi connectivity index (χ2v) is 7.54. The fraction of sp³-hybridized carbons (Fsp3) is 0.471. The molecule has 1 aliphatic heterocycles. The summed E-state index contributed by atoms with van der Waals surface area (Å²) in [5, 5.41) is 1.22. The van der Waals surface area contributed by atoms with Gasteiger partial charge < -0.3 is 0 Å². The molecule has 2 nitrogen and oxygen atoms in total. The van der Waals surface area contributed by atoms with Crippen LogP contribution in [0.4, 0.5) is 0 Å². The maximum atomic E-state index is 4.43. The predicted octanol–water partition coefficient (Wildman–Crippen LogP) is 4.62. The Balaban J connectivity index is 1.75. The van der Waals surface area contributed by atoms with E-state index in [1.807, 2.05) is 6.20 Å². The van der Waals surface area contributed by atoms with Gasteiger partial charge in [0.1, 0.15) is 0 Å². The second-order valence-electron chi connectivity index (χ2n) is 6.62. The molecule has 2 heterocycles. The molecule has 1 aromatic heterocycles. The summed E-state index contributed by atoms with van der Waals surface area (Å²) >= 11 is 3.50. The molecule has 0 N–H and O–H groups in total. The van der Waals surface area contributed by atoms with E-state index in [4.69, 9.17) is 0 Å². The molecular formula is C17H21BrN2. The molecule has 0 spiro atoms. The molecule has 0 unspecified atom stereocenters. The van der Waals surface area contributed by atoms with E-state index >= 15 is 0 Å². The lowest BCUT2D eigenvalue weighted by Gasteiger charge is -2.36. The molecule has 0 amide bonds. The average Bonchev–Trinajstić information content (AvgIpc) is 2.41. The zero-order valence-corrected chi connectivity index (χ0v) is 13.8. The zero-order chi connectivity index (χ0) is 14.2. The lowest BCUT2D eigenvalue weighted by atomic mass is 9.82. The van der Waals surface area contributed by atoms with Gasteiger partial charge in [-0.05, 0) is 71.0 Å². The van der Waals surface area contributed by atoms with E-state index in [0.717, 1.165) is 16.5 Å². The van der Waals surface area contributed by atoms with Crippen molar-refractivity contribution < 1.29 is 0 Å². The molecule has 106 valence electrons. The molecule has 0 atom stereocenters. The third-order valence-electron chi connectivity index (χ3n) is 4.33. The van der Waals surface area contributed by atoms with Crippen molar-refractivity contribution in [3.8, 4) is 0 Å². The number of aromatic nitrogens is 1. The number of halogens is 1. The standard InChI is InChI=1S/C17H21BrN2/c1-17(2)5-7-20(8-6-17)12-13-3-4-16-14(9-13)10-15(18)11-19-16/h3-4,9-11H,5-8,12H2,1-2H3. The molecule has 20 heavy (non-hydrogen) atoms. The molecule has 1 saturated heterocycles. The number of rotatable bonds is 2. The highest BCUT2D eigenvalue weighted by Crippen LogP contribution is 2.30. The van der Waals surface area contributed by atoms with Crippen LogP contribution in [0.2, 0.25) is 0 Å². The van der Waals surface area contributed by atoms with Crippen LogP contribution in [0.1, 0.15) is 32.3 Å². The Morgan fingerprint density at radius 1 is 1.20 bits per heavy atom. The van der Waals surface area contributed by atoms with Gasteiger partial charge in [-0.2, -0.15) is 0 Å². The van der Waals surface area contributed by atoms with E-state index in [1.165, 1.54) is 36.9 Å². The number of hydrogen-bond acceptors (Lipinski definition) is 2. The number of hydrogen-bond donors (Lipinski definition) is 0. The van der Waals surface area contributed by atoms with Crippen LogP contribution in [0.5, 0.6) is 0 Å². The van der Waals surface area contributed by atoms with Crippen molar-refractivity contribution in [1.29, 1.82) is 0 Å². The molecule has 0 bridgehead atoms. The summed E-state index contributed by atoms with van der Waals surface area (Å²) in [4.78, 5) is 6.99. The van der Waals surface area contributed by atoms with E-state index in [1.54, 1.807) is 0 Å². The minimum atomic E-state index is 0.522. The Morgan fingerprint density at radius 3 is 2.70 bits per heavy atom. The highest BCUT2D eigenvalue weighted by atomic mass is 79.9. The van der Waals surface area contributed by atoms with E-state index in [0.29, 0.717) is 5.41 Å². The van der Waals surface area contributed by atoms with Crippen LogP contribution in [-0.4, -0.2) is 23.0 Å². The number of fused-ring (bicyclic) bond motifs is 1. The number of nitrogens with zero attached hydrogens (tertiary/aromatic N) is 2. The Bertz CT molecular complexity index is 611. The summed E-state index contributed by atoms with van der Waals surface area (Å²) in [6, 6.07) is 8.76. The van der Waals surface area contributed by atoms with Gasteiger partial charge in [-0.15, -0.1) is 0 Å². The Morgan fingerprint density at radius 2 is 1.95 bits per heavy atom. The lowest BCUT2D eigenvalue weighted by molar-refractivity contribution is 0.127. The third-order valence-corrected chi connectivity index (χ3v) is 4.76. The first-order valence-electron chi connectivity index (χ1n) is 7.28. The summed E-state index contributed by atoms with van der Waals surface area (Å²) in [7, 11) is 0. The normalized spacial score (nSPS) is 19.4. The van der Waals surface area contributed by atoms with Crippen LogP contribution in [0.15, 0.2) is 34.9 Å². The van der Waals surface area contributed by atoms with Crippen LogP contribution in [0.3, 0.4) is 0 Å². The SMILES string of the molecule is CC1(C)CCN(Cc2ccc3ncc(Br)cc3c2)CC1. The quantitative estimate of drug-likeness (QED) is 0.797. The summed E-state index contributed by atoms with van der Waals surface area (Å²) in [6.45, 7) is 8.23. The summed E-state index contributed by atoms with van der Waals surface area (Å²) in [6.07, 6.45) is 4.45. The molecule has 3 rings (SSSR count). The molecule has 2 aromatic rings. The lowest BCUT2D eigenvalue weighted by Crippen LogP contribution is -2.36. The summed E-state index contributed by atoms with van der Waals surface area (Å²) < 4.78 is 1.04. The van der Waals surface area contributed by atoms with Crippen molar-refractivity contribution in [2.75, 3.05) is 13.1 Å². The van der Waals surface area contributed by atoms with Crippen LogP contribution >= 0.6 is 15.9 Å². The highest BCUT2D eigenvalue weighted by molar-refractivity contribution is 9.10. The number of benzene rings is 1. The van der Waals surface area contributed by atoms with Gasteiger partial charge in [0, 0.05) is 22.6 Å². The molecule has 1 fully saturated rings. The van der Waals surface area contributed by atoms with Gasteiger partial charge in [0.05, 0.1) is 5.52 Å². The van der Waals surface area contributed by atoms with Crippen molar-refractivity contribution in [3.05, 3.63) is 40.5 Å². The van der Waals surface area contributed by atoms with Gasteiger partial charge in [0.25, 0.3) is 0 Å². The molecule has 0 radical (unpaired) electrons. The first kappa shape index (κ1) is 14.0. The van der Waals surface area contributed by atoms with Gasteiger partial charge in [-0.3, -0.25) is 9.88 Å². The van der Waals surface area contributed by atoms with E-state index in [9.17, 15) is 0 Å². The van der Waals surface area contributed by atoms with Gasteiger partial charge in [-0.25, -0.2) is 0 Å². The summed E-state index contributed by atoms with van der Waals surface area (Å²) in [5.41, 5.74) is 2.98. The van der Waals surface area contributed by atoms with Gasteiger partial charge in [0.15, 0.2) is 0 Å². The van der Waals surface area contributed by atoms with Crippen LogP contribution < -0.4 is 0 Å². The maximum Gasteiger partial charge on any atom is 0.0703 e. The number of likely N-dealkylation sites (tertiary alicyclic amines) is 1. The predicted molar refractivity (Wildman–Crippen MR) is 87.7 cm³/mol. The monoisotopic (exact) mass is 332 g/mol. The van der Waals surface area contributed by atoms with Gasteiger partial charge in [-0.1, -0.05) is 19.9 Å². The number of pyridine rings is 1. The summed E-state index contributed by atoms with van der Waals surface area (Å²) in [5.74, 6) is 0. The smallest absolute Gasteiger partial charge is 0.0703 e. The van der Waals surface area contributed by atoms with E-state index < -0.39 is 0 Å². The fourth-order valence-corrected chi connectivity index (χ4v) is 3.18. The first-order valence-corrected chi connectivity index (χ1v) is 8.08. The number of piperidine rings is 1. The minimum Gasteiger partial charge on any atom is -0.299 e. The first-order chi connectivity index (χ1) is 9.52. The Hall–Kier alpha value is -0.930.